The molecule has 0 aliphatic heterocycles. The predicted molar refractivity (Wildman–Crippen MR) is 55.0 cm³/mol. The van der Waals surface area contributed by atoms with Crippen LogP contribution in [0, 0.1) is 0 Å². The average Bonchev–Trinajstić information content (AvgIpc) is 2.27. The Morgan fingerprint density at radius 3 is 2.62 bits per heavy atom. The summed E-state index contributed by atoms with van der Waals surface area (Å²) >= 11 is 0. The maximum atomic E-state index is 11.2. The van der Waals surface area contributed by atoms with Gasteiger partial charge in [0.2, 0.25) is 5.91 Å². The molecule has 1 amide bonds. The molecular weight excluding hydrogens is 210 g/mol. The molecule has 0 bridgehead atoms. The van der Waals surface area contributed by atoms with Crippen LogP contribution in [0.3, 0.4) is 0 Å². The molecule has 0 aliphatic carbocycles. The van der Waals surface area contributed by atoms with Gasteiger partial charge in [-0.05, 0) is 12.1 Å². The molecule has 2 aromatic rings. The van der Waals surface area contributed by atoms with E-state index in [0.29, 0.717) is 5.52 Å². The number of carbonyl (C=O) groups excluding carboxylic acids is 1. The van der Waals surface area contributed by atoms with E-state index in [0.717, 1.165) is 6.33 Å². The summed E-state index contributed by atoms with van der Waals surface area (Å²) in [5.41, 5.74) is 5.42. The van der Waals surface area contributed by atoms with Crippen LogP contribution < -0.4 is 5.73 Å². The fourth-order valence-corrected chi connectivity index (χ4v) is 1.48. The molecule has 1 heterocycles. The second kappa shape index (κ2) is 3.58. The van der Waals surface area contributed by atoms with Gasteiger partial charge in [0.05, 0.1) is 11.1 Å². The minimum absolute atomic E-state index is 0.107. The lowest BCUT2D eigenvalue weighted by Gasteiger charge is -2.04. The van der Waals surface area contributed by atoms with Crippen molar-refractivity contribution in [3.05, 3.63) is 35.8 Å². The summed E-state index contributed by atoms with van der Waals surface area (Å²) in [7, 11) is 0. The van der Waals surface area contributed by atoms with E-state index in [2.05, 4.69) is 9.97 Å². The number of carboxylic acid groups (broad SMARTS) is 1. The molecule has 0 atom stereocenters. The summed E-state index contributed by atoms with van der Waals surface area (Å²) in [5, 5.41) is 9.12. The van der Waals surface area contributed by atoms with Crippen molar-refractivity contribution in [2.75, 3.05) is 0 Å². The number of hydrogen-bond donors (Lipinski definition) is 2. The molecule has 0 saturated heterocycles. The first-order valence-electron chi connectivity index (χ1n) is 4.38. The van der Waals surface area contributed by atoms with Gasteiger partial charge in [0, 0.05) is 5.39 Å². The maximum Gasteiger partial charge on any atom is 0.355 e. The second-order valence-corrected chi connectivity index (χ2v) is 3.09. The molecule has 0 aliphatic rings. The number of benzene rings is 1. The predicted octanol–water partition coefficient (Wildman–Crippen LogP) is 0.427. The molecule has 1 aromatic carbocycles. The number of rotatable bonds is 2. The minimum atomic E-state index is -1.22. The van der Waals surface area contributed by atoms with Crippen LogP contribution in [0.4, 0.5) is 0 Å². The number of primary amides is 1. The van der Waals surface area contributed by atoms with E-state index in [-0.39, 0.29) is 16.6 Å². The van der Waals surface area contributed by atoms with Crippen molar-refractivity contribution in [3.63, 3.8) is 0 Å². The number of nitrogens with two attached hydrogens (primary N) is 1. The van der Waals surface area contributed by atoms with Crippen LogP contribution in [0.15, 0.2) is 24.5 Å². The molecule has 1 aromatic heterocycles. The number of fused-ring (bicyclic) bond motifs is 1. The smallest absolute Gasteiger partial charge is 0.355 e. The normalized spacial score (nSPS) is 10.2. The SMILES string of the molecule is NC(=O)c1cccc2ncnc(C(=O)O)c12. The Morgan fingerprint density at radius 1 is 1.25 bits per heavy atom. The zero-order valence-corrected chi connectivity index (χ0v) is 8.04. The third kappa shape index (κ3) is 1.46. The molecule has 16 heavy (non-hydrogen) atoms. The van der Waals surface area contributed by atoms with Crippen molar-refractivity contribution in [2.24, 2.45) is 5.73 Å². The van der Waals surface area contributed by atoms with Crippen LogP contribution in [0.25, 0.3) is 10.9 Å². The minimum Gasteiger partial charge on any atom is -0.476 e. The molecule has 2 rings (SSSR count). The van der Waals surface area contributed by atoms with Gasteiger partial charge in [-0.2, -0.15) is 0 Å². The lowest BCUT2D eigenvalue weighted by atomic mass is 10.1. The van der Waals surface area contributed by atoms with Crippen LogP contribution in [0.1, 0.15) is 20.8 Å². The Kier molecular flexibility index (Phi) is 2.24. The third-order valence-corrected chi connectivity index (χ3v) is 2.13. The second-order valence-electron chi connectivity index (χ2n) is 3.09. The molecule has 6 heteroatoms. The van der Waals surface area contributed by atoms with Crippen molar-refractivity contribution >= 4 is 22.8 Å². The summed E-state index contributed by atoms with van der Waals surface area (Å²) in [6, 6.07) is 4.62. The number of nitrogens with zero attached hydrogens (tertiary/aromatic N) is 2. The largest absolute Gasteiger partial charge is 0.476 e. The molecule has 6 nitrogen and oxygen atoms in total. The van der Waals surface area contributed by atoms with Crippen LogP contribution in [0.5, 0.6) is 0 Å². The number of carbonyl (C=O) groups is 2. The van der Waals surface area contributed by atoms with Gasteiger partial charge in [-0.1, -0.05) is 6.07 Å². The number of carboxylic acids is 1. The van der Waals surface area contributed by atoms with E-state index >= 15 is 0 Å². The zero-order valence-electron chi connectivity index (χ0n) is 8.04. The van der Waals surface area contributed by atoms with Gasteiger partial charge in [-0.3, -0.25) is 4.79 Å². The lowest BCUT2D eigenvalue weighted by molar-refractivity contribution is 0.0692. The van der Waals surface area contributed by atoms with E-state index in [4.69, 9.17) is 10.8 Å². The maximum absolute atomic E-state index is 11.2. The fourth-order valence-electron chi connectivity index (χ4n) is 1.48. The molecule has 0 spiro atoms. The van der Waals surface area contributed by atoms with Crippen molar-refractivity contribution < 1.29 is 14.7 Å². The quantitative estimate of drug-likeness (QED) is 0.758. The number of aromatic nitrogens is 2. The van der Waals surface area contributed by atoms with E-state index < -0.39 is 11.9 Å². The summed E-state index contributed by atoms with van der Waals surface area (Å²) in [4.78, 5) is 29.6. The summed E-state index contributed by atoms with van der Waals surface area (Å²) in [6.45, 7) is 0. The fraction of sp³-hybridized carbons (Fsp3) is 0. The summed E-state index contributed by atoms with van der Waals surface area (Å²) in [6.07, 6.45) is 1.14. The van der Waals surface area contributed by atoms with Crippen LogP contribution in [-0.4, -0.2) is 27.0 Å². The monoisotopic (exact) mass is 217 g/mol. The Balaban J connectivity index is 2.92. The van der Waals surface area contributed by atoms with E-state index in [1.807, 2.05) is 0 Å². The Hall–Kier alpha value is -2.50. The summed E-state index contributed by atoms with van der Waals surface area (Å²) in [5.74, 6) is -1.93. The topological polar surface area (TPSA) is 106 Å². The Bertz CT molecular complexity index is 546. The van der Waals surface area contributed by atoms with Crippen molar-refractivity contribution in [1.82, 2.24) is 9.97 Å². The standard InChI is InChI=1S/C10H7N3O3/c11-9(14)5-2-1-3-6-7(5)8(10(15)16)13-4-12-6/h1-4H,(H2,11,14)(H,15,16). The van der Waals surface area contributed by atoms with Gasteiger partial charge in [0.15, 0.2) is 5.69 Å². The molecule has 3 N–H and O–H groups in total. The lowest BCUT2D eigenvalue weighted by Crippen LogP contribution is -2.14. The van der Waals surface area contributed by atoms with Crippen molar-refractivity contribution in [2.45, 2.75) is 0 Å². The Morgan fingerprint density at radius 2 is 2.00 bits per heavy atom. The van der Waals surface area contributed by atoms with Gasteiger partial charge < -0.3 is 10.8 Å². The number of amides is 1. The van der Waals surface area contributed by atoms with Gasteiger partial charge in [0.1, 0.15) is 6.33 Å². The van der Waals surface area contributed by atoms with Crippen LogP contribution in [0.2, 0.25) is 0 Å². The van der Waals surface area contributed by atoms with Crippen molar-refractivity contribution in [1.29, 1.82) is 0 Å². The van der Waals surface area contributed by atoms with E-state index in [9.17, 15) is 9.59 Å². The van der Waals surface area contributed by atoms with Crippen molar-refractivity contribution in [3.8, 4) is 0 Å². The number of aromatic carboxylic acids is 1. The van der Waals surface area contributed by atoms with Crippen LogP contribution in [-0.2, 0) is 0 Å². The first kappa shape index (κ1) is 10.0. The highest BCUT2D eigenvalue weighted by Gasteiger charge is 2.16. The molecule has 0 fully saturated rings. The highest BCUT2D eigenvalue weighted by atomic mass is 16.4. The van der Waals surface area contributed by atoms with Gasteiger partial charge >= 0.3 is 5.97 Å². The van der Waals surface area contributed by atoms with Gasteiger partial charge in [0.25, 0.3) is 0 Å². The number of hydrogen-bond acceptors (Lipinski definition) is 4. The first-order chi connectivity index (χ1) is 7.61. The molecule has 0 radical (unpaired) electrons. The molecule has 0 unspecified atom stereocenters. The molecular formula is C10H7N3O3. The van der Waals surface area contributed by atoms with Gasteiger partial charge in [-0.15, -0.1) is 0 Å². The van der Waals surface area contributed by atoms with Crippen LogP contribution >= 0.6 is 0 Å². The average molecular weight is 217 g/mol. The van der Waals surface area contributed by atoms with E-state index in [1.165, 1.54) is 6.07 Å². The van der Waals surface area contributed by atoms with Gasteiger partial charge in [-0.25, -0.2) is 14.8 Å². The third-order valence-electron chi connectivity index (χ3n) is 2.13. The molecule has 80 valence electrons. The van der Waals surface area contributed by atoms with E-state index in [1.54, 1.807) is 12.1 Å². The molecule has 0 saturated carbocycles. The highest BCUT2D eigenvalue weighted by molar-refractivity contribution is 6.11. The first-order valence-corrected chi connectivity index (χ1v) is 4.38. The zero-order chi connectivity index (χ0) is 11.7. The Labute approximate surface area is 89.7 Å². The summed E-state index contributed by atoms with van der Waals surface area (Å²) < 4.78 is 0. The highest BCUT2D eigenvalue weighted by Crippen LogP contribution is 2.19.